The summed E-state index contributed by atoms with van der Waals surface area (Å²) in [6, 6.07) is 0. The van der Waals surface area contributed by atoms with Gasteiger partial charge >= 0.3 is 17.9 Å². The third-order valence-corrected chi connectivity index (χ3v) is 11.2. The molecule has 6 heteroatoms. The van der Waals surface area contributed by atoms with Crippen LogP contribution in [0.25, 0.3) is 0 Å². The van der Waals surface area contributed by atoms with Gasteiger partial charge in [-0.25, -0.2) is 0 Å². The summed E-state index contributed by atoms with van der Waals surface area (Å²) in [6.45, 7) is 6.44. The average molecular weight is 879 g/mol. The smallest absolute Gasteiger partial charge is 0.306 e. The number of esters is 3. The first-order valence-electron chi connectivity index (χ1n) is 26.4. The second kappa shape index (κ2) is 51.5. The van der Waals surface area contributed by atoms with Gasteiger partial charge in [-0.2, -0.15) is 0 Å². The fourth-order valence-electron chi connectivity index (χ4n) is 7.22. The van der Waals surface area contributed by atoms with E-state index in [4.69, 9.17) is 14.2 Å². The molecule has 0 saturated heterocycles. The number of unbranched alkanes of at least 4 members (excludes halogenated alkanes) is 24. The van der Waals surface area contributed by atoms with Crippen LogP contribution in [0.15, 0.2) is 72.9 Å². The highest BCUT2D eigenvalue weighted by molar-refractivity contribution is 5.71. The van der Waals surface area contributed by atoms with Gasteiger partial charge in [0, 0.05) is 19.3 Å². The van der Waals surface area contributed by atoms with E-state index >= 15 is 0 Å². The number of carbonyl (C=O) groups excluding carboxylic acids is 3. The zero-order chi connectivity index (χ0) is 45.8. The minimum Gasteiger partial charge on any atom is -0.462 e. The van der Waals surface area contributed by atoms with E-state index in [1.165, 1.54) is 116 Å². The number of hydrogen-bond acceptors (Lipinski definition) is 6. The quantitative estimate of drug-likeness (QED) is 0.0262. The number of ether oxygens (including phenoxy) is 3. The molecule has 63 heavy (non-hydrogen) atoms. The van der Waals surface area contributed by atoms with Gasteiger partial charge in [0.25, 0.3) is 0 Å². The molecule has 0 heterocycles. The van der Waals surface area contributed by atoms with E-state index in [1.807, 2.05) is 0 Å². The van der Waals surface area contributed by atoms with Crippen molar-refractivity contribution >= 4 is 17.9 Å². The summed E-state index contributed by atoms with van der Waals surface area (Å²) in [7, 11) is 0. The SMILES string of the molecule is CC/C=C\C/C=C\C/C=C\C/C=C\C/C=C\CCCC(=O)OCC(COC(=O)CCCCCCC/C=C\CCCC)OC(=O)CCCCCCCCCCCCCCCCCCC. The third kappa shape index (κ3) is 49.7. The minimum atomic E-state index is -0.799. The van der Waals surface area contributed by atoms with E-state index in [-0.39, 0.29) is 37.5 Å². The maximum Gasteiger partial charge on any atom is 0.306 e. The maximum absolute atomic E-state index is 12.8. The lowest BCUT2D eigenvalue weighted by Crippen LogP contribution is -2.30. The second-order valence-corrected chi connectivity index (χ2v) is 17.4. The van der Waals surface area contributed by atoms with Crippen LogP contribution in [-0.2, 0) is 28.6 Å². The third-order valence-electron chi connectivity index (χ3n) is 11.2. The monoisotopic (exact) mass is 879 g/mol. The Morgan fingerprint density at radius 1 is 0.333 bits per heavy atom. The first-order valence-corrected chi connectivity index (χ1v) is 26.4. The first kappa shape index (κ1) is 59.9. The fraction of sp³-hybridized carbons (Fsp3) is 0.737. The molecule has 0 fully saturated rings. The number of allylic oxidation sites excluding steroid dienone is 12. The van der Waals surface area contributed by atoms with Crippen molar-refractivity contribution in [2.75, 3.05) is 13.2 Å². The molecule has 0 aliphatic carbocycles. The highest BCUT2D eigenvalue weighted by Gasteiger charge is 2.19. The van der Waals surface area contributed by atoms with Crippen molar-refractivity contribution in [2.45, 2.75) is 258 Å². The summed E-state index contributed by atoms with van der Waals surface area (Å²) in [6.07, 6.45) is 64.7. The van der Waals surface area contributed by atoms with E-state index in [2.05, 4.69) is 93.7 Å². The molecule has 0 aliphatic heterocycles. The highest BCUT2D eigenvalue weighted by Crippen LogP contribution is 2.15. The minimum absolute atomic E-state index is 0.0959. The molecule has 0 saturated carbocycles. The summed E-state index contributed by atoms with van der Waals surface area (Å²) in [5.41, 5.74) is 0. The van der Waals surface area contributed by atoms with Gasteiger partial charge < -0.3 is 14.2 Å². The van der Waals surface area contributed by atoms with Gasteiger partial charge in [0.15, 0.2) is 6.10 Å². The van der Waals surface area contributed by atoms with Crippen LogP contribution in [0.5, 0.6) is 0 Å². The zero-order valence-electron chi connectivity index (χ0n) is 41.3. The summed E-state index contributed by atoms with van der Waals surface area (Å²) in [4.78, 5) is 38.0. The molecule has 0 aromatic rings. The molecule has 0 bridgehead atoms. The van der Waals surface area contributed by atoms with Crippen molar-refractivity contribution in [2.24, 2.45) is 0 Å². The summed E-state index contributed by atoms with van der Waals surface area (Å²) < 4.78 is 16.7. The van der Waals surface area contributed by atoms with Crippen LogP contribution in [0.4, 0.5) is 0 Å². The van der Waals surface area contributed by atoms with Gasteiger partial charge in [-0.3, -0.25) is 14.4 Å². The lowest BCUT2D eigenvalue weighted by Gasteiger charge is -2.18. The predicted molar refractivity (Wildman–Crippen MR) is 270 cm³/mol. The highest BCUT2D eigenvalue weighted by atomic mass is 16.6. The molecular formula is C57H98O6. The van der Waals surface area contributed by atoms with E-state index in [0.29, 0.717) is 19.3 Å². The Bertz CT molecular complexity index is 1190. The fourth-order valence-corrected chi connectivity index (χ4v) is 7.22. The van der Waals surface area contributed by atoms with Crippen molar-refractivity contribution in [1.29, 1.82) is 0 Å². The molecule has 0 spiro atoms. The molecule has 1 atom stereocenters. The van der Waals surface area contributed by atoms with Gasteiger partial charge in [-0.05, 0) is 77.0 Å². The van der Waals surface area contributed by atoms with Crippen LogP contribution in [0.2, 0.25) is 0 Å². The van der Waals surface area contributed by atoms with E-state index in [0.717, 1.165) is 89.9 Å². The number of hydrogen-bond donors (Lipinski definition) is 0. The van der Waals surface area contributed by atoms with Crippen LogP contribution in [0, 0.1) is 0 Å². The van der Waals surface area contributed by atoms with Crippen LogP contribution in [0.1, 0.15) is 252 Å². The topological polar surface area (TPSA) is 78.9 Å². The van der Waals surface area contributed by atoms with E-state index in [9.17, 15) is 14.4 Å². The molecule has 0 N–H and O–H groups in total. The van der Waals surface area contributed by atoms with Gasteiger partial charge in [0.1, 0.15) is 13.2 Å². The van der Waals surface area contributed by atoms with Gasteiger partial charge in [0.2, 0.25) is 0 Å². The molecule has 0 aromatic carbocycles. The van der Waals surface area contributed by atoms with Crippen molar-refractivity contribution in [3.63, 3.8) is 0 Å². The van der Waals surface area contributed by atoms with Crippen LogP contribution >= 0.6 is 0 Å². The molecule has 0 aromatic heterocycles. The van der Waals surface area contributed by atoms with Crippen LogP contribution in [0.3, 0.4) is 0 Å². The molecule has 0 amide bonds. The van der Waals surface area contributed by atoms with Crippen molar-refractivity contribution in [1.82, 2.24) is 0 Å². The Hall–Kier alpha value is -3.15. The average Bonchev–Trinajstić information content (AvgIpc) is 3.28. The van der Waals surface area contributed by atoms with Gasteiger partial charge in [-0.15, -0.1) is 0 Å². The Kier molecular flexibility index (Phi) is 48.9. The Morgan fingerprint density at radius 2 is 0.651 bits per heavy atom. The second-order valence-electron chi connectivity index (χ2n) is 17.4. The van der Waals surface area contributed by atoms with Gasteiger partial charge in [0.05, 0.1) is 0 Å². The van der Waals surface area contributed by atoms with Gasteiger partial charge in [-0.1, -0.05) is 229 Å². The Balaban J connectivity index is 4.43. The van der Waals surface area contributed by atoms with Crippen LogP contribution < -0.4 is 0 Å². The molecule has 0 aliphatic rings. The molecule has 1 unspecified atom stereocenters. The van der Waals surface area contributed by atoms with Crippen molar-refractivity contribution in [3.8, 4) is 0 Å². The van der Waals surface area contributed by atoms with E-state index in [1.54, 1.807) is 0 Å². The maximum atomic E-state index is 12.8. The van der Waals surface area contributed by atoms with Crippen LogP contribution in [-0.4, -0.2) is 37.2 Å². The lowest BCUT2D eigenvalue weighted by atomic mass is 10.0. The first-order chi connectivity index (χ1) is 31.0. The van der Waals surface area contributed by atoms with E-state index < -0.39 is 6.10 Å². The molecule has 0 radical (unpaired) electrons. The summed E-state index contributed by atoms with van der Waals surface area (Å²) in [5.74, 6) is -0.961. The van der Waals surface area contributed by atoms with Crippen molar-refractivity contribution in [3.05, 3.63) is 72.9 Å². The Morgan fingerprint density at radius 3 is 1.10 bits per heavy atom. The zero-order valence-corrected chi connectivity index (χ0v) is 41.3. The number of rotatable bonds is 47. The molecule has 6 nitrogen and oxygen atoms in total. The summed E-state index contributed by atoms with van der Waals surface area (Å²) >= 11 is 0. The molecular weight excluding hydrogens is 781 g/mol. The molecule has 0 rings (SSSR count). The normalized spacial score (nSPS) is 12.6. The standard InChI is InChI=1S/C57H98O6/c1-4-7-10-13-16-19-22-24-26-28-30-32-35-38-41-44-47-50-56(59)62-53-54(52-61-55(58)49-46-43-40-37-34-21-18-15-12-9-6-3)63-57(60)51-48-45-42-39-36-33-31-29-27-25-23-20-17-14-11-8-5-2/h7,10,15-16,18-19,24,26,30,32,38,41,54H,4-6,8-9,11-14,17,20-23,25,27-29,31,33-37,39-40,42-53H2,1-3H3/b10-7-,18-15-,19-16-,26-24-,32-30-,41-38-. The number of carbonyl (C=O) groups is 3. The van der Waals surface area contributed by atoms with Crippen molar-refractivity contribution < 1.29 is 28.6 Å². The predicted octanol–water partition coefficient (Wildman–Crippen LogP) is 17.4. The summed E-state index contributed by atoms with van der Waals surface area (Å²) in [5, 5.41) is 0. The molecule has 362 valence electrons. The largest absolute Gasteiger partial charge is 0.462 e. The lowest BCUT2D eigenvalue weighted by molar-refractivity contribution is -0.167. The Labute approximate surface area is 389 Å².